The molecule has 0 radical (unpaired) electrons. The second-order valence-electron chi connectivity index (χ2n) is 4.87. The van der Waals surface area contributed by atoms with E-state index >= 15 is 0 Å². The lowest BCUT2D eigenvalue weighted by molar-refractivity contribution is -0.115. The number of carbonyl (C=O) groups is 1. The summed E-state index contributed by atoms with van der Waals surface area (Å²) >= 11 is 1.27. The molecule has 3 rings (SSSR count). The number of amidine groups is 1. The molecule has 1 fully saturated rings. The Bertz CT molecular complexity index is 764. The van der Waals surface area contributed by atoms with Gasteiger partial charge in [0.2, 0.25) is 0 Å². The summed E-state index contributed by atoms with van der Waals surface area (Å²) in [5.41, 5.74) is 2.73. The molecule has 3 nitrogen and oxygen atoms in total. The van der Waals surface area contributed by atoms with Gasteiger partial charge in [-0.15, -0.1) is 0 Å². The van der Waals surface area contributed by atoms with Crippen LogP contribution in [0, 0.1) is 12.7 Å². The Balaban J connectivity index is 1.80. The van der Waals surface area contributed by atoms with Gasteiger partial charge in [-0.3, -0.25) is 4.79 Å². The number of carbonyl (C=O) groups excluding carboxylic acids is 1. The van der Waals surface area contributed by atoms with Crippen molar-refractivity contribution in [1.82, 2.24) is 5.32 Å². The van der Waals surface area contributed by atoms with Gasteiger partial charge >= 0.3 is 0 Å². The summed E-state index contributed by atoms with van der Waals surface area (Å²) in [6.45, 7) is 2.02. The van der Waals surface area contributed by atoms with Crippen molar-refractivity contribution in [3.63, 3.8) is 0 Å². The average Bonchev–Trinajstić information content (AvgIpc) is 2.84. The maximum absolute atomic E-state index is 12.9. The molecule has 1 saturated heterocycles. The first-order chi connectivity index (χ1) is 10.6. The number of aliphatic imine (C=N–C) groups is 1. The monoisotopic (exact) mass is 312 g/mol. The predicted molar refractivity (Wildman–Crippen MR) is 88.4 cm³/mol. The van der Waals surface area contributed by atoms with Gasteiger partial charge in [0, 0.05) is 0 Å². The van der Waals surface area contributed by atoms with Gasteiger partial charge in [-0.05, 0) is 54.6 Å². The number of rotatable bonds is 2. The van der Waals surface area contributed by atoms with E-state index in [1.54, 1.807) is 12.1 Å². The van der Waals surface area contributed by atoms with Crippen LogP contribution in [0.15, 0.2) is 58.4 Å². The topological polar surface area (TPSA) is 41.5 Å². The molecule has 0 aliphatic carbocycles. The van der Waals surface area contributed by atoms with E-state index in [4.69, 9.17) is 0 Å². The highest BCUT2D eigenvalue weighted by Gasteiger charge is 2.23. The fraction of sp³-hybridized carbons (Fsp3) is 0.0588. The molecule has 0 atom stereocenters. The summed E-state index contributed by atoms with van der Waals surface area (Å²) in [6, 6.07) is 13.7. The molecule has 5 heteroatoms. The molecule has 1 aliphatic rings. The highest BCUT2D eigenvalue weighted by Crippen LogP contribution is 2.28. The first-order valence-electron chi connectivity index (χ1n) is 6.72. The van der Waals surface area contributed by atoms with E-state index in [1.165, 1.54) is 29.5 Å². The van der Waals surface area contributed by atoms with Gasteiger partial charge in [0.1, 0.15) is 5.82 Å². The summed E-state index contributed by atoms with van der Waals surface area (Å²) in [5, 5.41) is 3.21. The summed E-state index contributed by atoms with van der Waals surface area (Å²) < 4.78 is 12.9. The van der Waals surface area contributed by atoms with Crippen molar-refractivity contribution >= 4 is 34.6 Å². The van der Waals surface area contributed by atoms with Crippen LogP contribution in [-0.2, 0) is 4.79 Å². The third-order valence-corrected chi connectivity index (χ3v) is 3.99. The summed E-state index contributed by atoms with van der Waals surface area (Å²) in [7, 11) is 0. The minimum absolute atomic E-state index is 0.175. The lowest BCUT2D eigenvalue weighted by Gasteiger charge is -1.96. The number of thioether (sulfide) groups is 1. The van der Waals surface area contributed by atoms with Crippen LogP contribution >= 0.6 is 11.8 Å². The first kappa shape index (κ1) is 14.5. The van der Waals surface area contributed by atoms with Crippen molar-refractivity contribution in [3.05, 3.63) is 70.4 Å². The van der Waals surface area contributed by atoms with Crippen LogP contribution in [0.5, 0.6) is 0 Å². The highest BCUT2D eigenvalue weighted by molar-refractivity contribution is 8.18. The van der Waals surface area contributed by atoms with E-state index in [0.29, 0.717) is 15.8 Å². The van der Waals surface area contributed by atoms with Crippen LogP contribution in [0.25, 0.3) is 6.08 Å². The Kier molecular flexibility index (Phi) is 4.06. The first-order valence-corrected chi connectivity index (χ1v) is 7.54. The Morgan fingerprint density at radius 2 is 1.77 bits per heavy atom. The van der Waals surface area contributed by atoms with Crippen LogP contribution in [0.4, 0.5) is 10.1 Å². The smallest absolute Gasteiger partial charge is 0.264 e. The van der Waals surface area contributed by atoms with Crippen molar-refractivity contribution < 1.29 is 9.18 Å². The largest absolute Gasteiger partial charge is 0.300 e. The summed E-state index contributed by atoms with van der Waals surface area (Å²) in [5.74, 6) is -0.488. The molecule has 0 aromatic heterocycles. The molecule has 1 N–H and O–H groups in total. The van der Waals surface area contributed by atoms with Crippen LogP contribution < -0.4 is 5.32 Å². The molecule has 110 valence electrons. The molecule has 1 aliphatic heterocycles. The zero-order valence-electron chi connectivity index (χ0n) is 11.8. The molecular weight excluding hydrogens is 299 g/mol. The fourth-order valence-corrected chi connectivity index (χ4v) is 2.77. The van der Waals surface area contributed by atoms with E-state index in [2.05, 4.69) is 10.3 Å². The number of hydrogen-bond donors (Lipinski definition) is 1. The third kappa shape index (κ3) is 3.43. The Labute approximate surface area is 132 Å². The summed E-state index contributed by atoms with van der Waals surface area (Å²) in [6.07, 6.45) is 1.83. The van der Waals surface area contributed by atoms with Crippen molar-refractivity contribution in [3.8, 4) is 0 Å². The van der Waals surface area contributed by atoms with E-state index in [1.807, 2.05) is 37.3 Å². The second-order valence-corrected chi connectivity index (χ2v) is 5.90. The number of amides is 1. The number of benzene rings is 2. The number of nitrogens with zero attached hydrogens (tertiary/aromatic N) is 1. The second kappa shape index (κ2) is 6.15. The average molecular weight is 312 g/mol. The minimum Gasteiger partial charge on any atom is -0.300 e. The molecule has 0 spiro atoms. The maximum atomic E-state index is 12.9. The zero-order chi connectivity index (χ0) is 15.5. The van der Waals surface area contributed by atoms with Crippen molar-refractivity contribution in [2.75, 3.05) is 0 Å². The quantitative estimate of drug-likeness (QED) is 0.851. The van der Waals surface area contributed by atoms with Crippen molar-refractivity contribution in [2.45, 2.75) is 6.92 Å². The van der Waals surface area contributed by atoms with Crippen LogP contribution in [-0.4, -0.2) is 11.1 Å². The normalized spacial score (nSPS) is 18.0. The Morgan fingerprint density at radius 1 is 1.09 bits per heavy atom. The number of nitrogens with one attached hydrogen (secondary N) is 1. The van der Waals surface area contributed by atoms with Crippen molar-refractivity contribution in [2.24, 2.45) is 4.99 Å². The zero-order valence-corrected chi connectivity index (χ0v) is 12.7. The fourth-order valence-electron chi connectivity index (χ4n) is 1.93. The Hall–Kier alpha value is -2.40. The van der Waals surface area contributed by atoms with Crippen molar-refractivity contribution in [1.29, 1.82) is 0 Å². The van der Waals surface area contributed by atoms with Gasteiger partial charge < -0.3 is 5.32 Å². The van der Waals surface area contributed by atoms with E-state index in [-0.39, 0.29) is 11.7 Å². The highest BCUT2D eigenvalue weighted by atomic mass is 32.2. The van der Waals surface area contributed by atoms with Crippen LogP contribution in [0.2, 0.25) is 0 Å². The van der Waals surface area contributed by atoms with E-state index < -0.39 is 0 Å². The van der Waals surface area contributed by atoms with Gasteiger partial charge in [0.25, 0.3) is 5.91 Å². The van der Waals surface area contributed by atoms with Gasteiger partial charge in [0.15, 0.2) is 5.17 Å². The molecule has 22 heavy (non-hydrogen) atoms. The van der Waals surface area contributed by atoms with Gasteiger partial charge in [-0.1, -0.05) is 29.8 Å². The van der Waals surface area contributed by atoms with Gasteiger partial charge in [-0.25, -0.2) is 9.38 Å². The standard InChI is InChI=1S/C17H13FN2OS/c1-11-2-4-12(5-3-11)10-15-16(21)20-17(22-15)19-14-8-6-13(18)7-9-14/h2-10H,1H3,(H,19,20,21)/b15-10+. The molecular formula is C17H13FN2OS. The van der Waals surface area contributed by atoms with E-state index in [0.717, 1.165) is 5.56 Å². The SMILES string of the molecule is Cc1ccc(/C=C2/SC(=Nc3ccc(F)cc3)NC2=O)cc1. The maximum Gasteiger partial charge on any atom is 0.264 e. The summed E-state index contributed by atoms with van der Waals surface area (Å²) in [4.78, 5) is 16.8. The number of halogens is 1. The van der Waals surface area contributed by atoms with Gasteiger partial charge in [-0.2, -0.15) is 0 Å². The lowest BCUT2D eigenvalue weighted by Crippen LogP contribution is -2.19. The van der Waals surface area contributed by atoms with Crippen LogP contribution in [0.3, 0.4) is 0 Å². The molecule has 2 aromatic rings. The third-order valence-electron chi connectivity index (χ3n) is 3.08. The van der Waals surface area contributed by atoms with Gasteiger partial charge in [0.05, 0.1) is 10.6 Å². The minimum atomic E-state index is -0.313. The predicted octanol–water partition coefficient (Wildman–Crippen LogP) is 4.03. The van der Waals surface area contributed by atoms with Crippen LogP contribution in [0.1, 0.15) is 11.1 Å². The molecule has 0 unspecified atom stereocenters. The molecule has 0 saturated carbocycles. The molecule has 2 aromatic carbocycles. The number of hydrogen-bond acceptors (Lipinski definition) is 3. The number of aryl methyl sites for hydroxylation is 1. The van der Waals surface area contributed by atoms with E-state index in [9.17, 15) is 9.18 Å². The lowest BCUT2D eigenvalue weighted by atomic mass is 10.1. The molecule has 0 bridgehead atoms. The molecule has 1 heterocycles. The Morgan fingerprint density at radius 3 is 2.45 bits per heavy atom. The molecule has 1 amide bonds.